The molecule has 0 aliphatic heterocycles. The molecule has 3 amide bonds. The highest BCUT2D eigenvalue weighted by Crippen LogP contribution is 2.48. The lowest BCUT2D eigenvalue weighted by Gasteiger charge is -2.19. The Kier molecular flexibility index (Phi) is 9.53. The molecule has 1 aromatic heterocycles. The Bertz CT molecular complexity index is 1470. The van der Waals surface area contributed by atoms with Gasteiger partial charge in [0.15, 0.2) is 6.61 Å². The van der Waals surface area contributed by atoms with Crippen molar-refractivity contribution in [2.75, 3.05) is 30.3 Å². The number of halogens is 4. The van der Waals surface area contributed by atoms with Crippen LogP contribution in [0.15, 0.2) is 48.5 Å². The van der Waals surface area contributed by atoms with E-state index < -0.39 is 36.1 Å². The van der Waals surface area contributed by atoms with Crippen LogP contribution in [0.5, 0.6) is 6.01 Å². The number of hydrogen-bond acceptors (Lipinski definition) is 9. The lowest BCUT2D eigenvalue weighted by Crippen LogP contribution is -2.40. The fraction of sp³-hybridized carbons (Fsp3) is 0.333. The summed E-state index contributed by atoms with van der Waals surface area (Å²) in [5.74, 6) is -2.63. The number of hydrogen-bond donors (Lipinski definition) is 5. The van der Waals surface area contributed by atoms with Crippen molar-refractivity contribution >= 4 is 46.9 Å². The molecule has 2 aromatic carbocycles. The van der Waals surface area contributed by atoms with Crippen molar-refractivity contribution in [1.82, 2.24) is 25.6 Å². The van der Waals surface area contributed by atoms with Gasteiger partial charge in [0, 0.05) is 29.4 Å². The van der Waals surface area contributed by atoms with Crippen LogP contribution >= 0.6 is 11.6 Å². The summed E-state index contributed by atoms with van der Waals surface area (Å²) >= 11 is 6.00. The second-order valence-corrected chi connectivity index (χ2v) is 10.4. The normalized spacial score (nSPS) is 14.3. The summed E-state index contributed by atoms with van der Waals surface area (Å²) in [7, 11) is 0. The molecule has 0 spiro atoms. The Labute approximate surface area is 249 Å². The van der Waals surface area contributed by atoms with E-state index in [0.29, 0.717) is 16.3 Å². The molecular weight excluding hydrogens is 593 g/mol. The molecule has 1 atom stereocenters. The number of anilines is 3. The predicted molar refractivity (Wildman–Crippen MR) is 151 cm³/mol. The lowest BCUT2D eigenvalue weighted by atomic mass is 10.1. The van der Waals surface area contributed by atoms with E-state index in [4.69, 9.17) is 22.1 Å². The summed E-state index contributed by atoms with van der Waals surface area (Å²) in [6, 6.07) is 12.8. The first-order valence-electron chi connectivity index (χ1n) is 13.0. The van der Waals surface area contributed by atoms with Crippen LogP contribution in [0.2, 0.25) is 5.02 Å². The number of amides is 3. The molecule has 0 radical (unpaired) electrons. The Hall–Kier alpha value is -4.66. The van der Waals surface area contributed by atoms with Gasteiger partial charge in [-0.25, -0.2) is 0 Å². The standard InChI is InChI=1S/C27H28ClF3N8O4/c1-15(13-34-22(42)20(32)40)12-33-21(41)16-2-8-19(9-3-16)35-23-36-24(38-25(37-23)43-14-27(29,30)31)39-26(10-11-26)17-4-6-18(28)7-5-17/h2-9,15H,10-14H2,1H3,(H2,32,40)(H,33,41)(H,34,42)(H2,35,36,37,38,39). The molecule has 1 fully saturated rings. The maximum Gasteiger partial charge on any atom is 0.422 e. The van der Waals surface area contributed by atoms with Gasteiger partial charge in [-0.3, -0.25) is 14.4 Å². The quantitative estimate of drug-likeness (QED) is 0.190. The van der Waals surface area contributed by atoms with E-state index in [1.165, 1.54) is 12.1 Å². The third-order valence-corrected chi connectivity index (χ3v) is 6.58. The monoisotopic (exact) mass is 620 g/mol. The number of carbonyl (C=O) groups excluding carboxylic acids is 3. The highest BCUT2D eigenvalue weighted by Gasteiger charge is 2.45. The number of ether oxygens (including phenoxy) is 1. The van der Waals surface area contributed by atoms with E-state index >= 15 is 0 Å². The van der Waals surface area contributed by atoms with Crippen LogP contribution in [0.3, 0.4) is 0 Å². The molecule has 16 heteroatoms. The van der Waals surface area contributed by atoms with E-state index in [2.05, 4.69) is 36.2 Å². The highest BCUT2D eigenvalue weighted by atomic mass is 35.5. The van der Waals surface area contributed by atoms with Crippen LogP contribution in [0.4, 0.5) is 30.8 Å². The number of carbonyl (C=O) groups is 3. The molecule has 0 bridgehead atoms. The number of rotatable bonds is 12. The Balaban J connectivity index is 1.42. The van der Waals surface area contributed by atoms with Crippen molar-refractivity contribution in [3.05, 3.63) is 64.7 Å². The molecule has 228 valence electrons. The van der Waals surface area contributed by atoms with E-state index in [1.54, 1.807) is 31.2 Å². The van der Waals surface area contributed by atoms with Crippen molar-refractivity contribution in [1.29, 1.82) is 0 Å². The van der Waals surface area contributed by atoms with Gasteiger partial charge < -0.3 is 31.7 Å². The summed E-state index contributed by atoms with van der Waals surface area (Å²) in [6.07, 6.45) is -3.11. The SMILES string of the molecule is CC(CNC(=O)C(N)=O)CNC(=O)c1ccc(Nc2nc(NC3(c4ccc(Cl)cc4)CC3)nc(OCC(F)(F)F)n2)cc1. The van der Waals surface area contributed by atoms with Crippen LogP contribution in [-0.2, 0) is 15.1 Å². The van der Waals surface area contributed by atoms with Crippen molar-refractivity contribution in [2.24, 2.45) is 11.7 Å². The topological polar surface area (TPSA) is 173 Å². The van der Waals surface area contributed by atoms with Gasteiger partial charge in [0.25, 0.3) is 5.91 Å². The van der Waals surface area contributed by atoms with E-state index in [9.17, 15) is 27.6 Å². The van der Waals surface area contributed by atoms with Crippen molar-refractivity contribution < 1.29 is 32.3 Å². The molecule has 3 aromatic rings. The van der Waals surface area contributed by atoms with Gasteiger partial charge in [-0.15, -0.1) is 0 Å². The molecule has 1 saturated carbocycles. The Morgan fingerprint density at radius 1 is 0.977 bits per heavy atom. The third-order valence-electron chi connectivity index (χ3n) is 6.33. The minimum atomic E-state index is -4.60. The molecule has 1 heterocycles. The van der Waals surface area contributed by atoms with E-state index in [-0.39, 0.29) is 36.8 Å². The van der Waals surface area contributed by atoms with Crippen molar-refractivity contribution in [3.63, 3.8) is 0 Å². The Morgan fingerprint density at radius 3 is 2.21 bits per heavy atom. The molecule has 0 saturated heterocycles. The summed E-state index contributed by atoms with van der Waals surface area (Å²) < 4.78 is 43.3. The summed E-state index contributed by atoms with van der Waals surface area (Å²) in [5, 5.41) is 11.7. The van der Waals surface area contributed by atoms with Crippen molar-refractivity contribution in [2.45, 2.75) is 31.5 Å². The van der Waals surface area contributed by atoms with Crippen molar-refractivity contribution in [3.8, 4) is 6.01 Å². The summed E-state index contributed by atoms with van der Waals surface area (Å²) in [4.78, 5) is 46.9. The average Bonchev–Trinajstić information content (AvgIpc) is 3.74. The van der Waals surface area contributed by atoms with Gasteiger partial charge >= 0.3 is 24.0 Å². The fourth-order valence-corrected chi connectivity index (χ4v) is 4.03. The van der Waals surface area contributed by atoms with Gasteiger partial charge in [0.05, 0.1) is 5.54 Å². The van der Waals surface area contributed by atoms with Gasteiger partial charge in [-0.05, 0) is 60.7 Å². The van der Waals surface area contributed by atoms with Gasteiger partial charge in [0.2, 0.25) is 11.9 Å². The largest absolute Gasteiger partial charge is 0.454 e. The second kappa shape index (κ2) is 13.1. The van der Waals surface area contributed by atoms with Gasteiger partial charge in [0.1, 0.15) is 0 Å². The maximum absolute atomic E-state index is 12.8. The summed E-state index contributed by atoms with van der Waals surface area (Å²) in [5.41, 5.74) is 6.06. The van der Waals surface area contributed by atoms with Crippen LogP contribution in [0.25, 0.3) is 0 Å². The zero-order chi connectivity index (χ0) is 31.2. The average molecular weight is 621 g/mol. The van der Waals surface area contributed by atoms with E-state index in [1.807, 2.05) is 12.1 Å². The number of primary amides is 1. The van der Waals surface area contributed by atoms with Crippen LogP contribution in [0, 0.1) is 5.92 Å². The zero-order valence-electron chi connectivity index (χ0n) is 22.8. The van der Waals surface area contributed by atoms with Crippen LogP contribution < -0.4 is 31.7 Å². The molecule has 1 aliphatic rings. The van der Waals surface area contributed by atoms with Crippen LogP contribution in [0.1, 0.15) is 35.7 Å². The first kappa shape index (κ1) is 31.3. The first-order chi connectivity index (χ1) is 20.3. The third kappa shape index (κ3) is 9.16. The number of benzene rings is 2. The molecule has 12 nitrogen and oxygen atoms in total. The Morgan fingerprint density at radius 2 is 1.60 bits per heavy atom. The summed E-state index contributed by atoms with van der Waals surface area (Å²) in [6.45, 7) is 0.539. The minimum absolute atomic E-state index is 0.0132. The number of nitrogens with one attached hydrogen (secondary N) is 4. The second-order valence-electron chi connectivity index (χ2n) is 9.97. The molecule has 4 rings (SSSR count). The molecule has 6 N–H and O–H groups in total. The number of nitrogens with two attached hydrogens (primary N) is 1. The first-order valence-corrected chi connectivity index (χ1v) is 13.4. The molecule has 1 unspecified atom stereocenters. The highest BCUT2D eigenvalue weighted by molar-refractivity contribution is 6.34. The minimum Gasteiger partial charge on any atom is -0.454 e. The molecular formula is C27H28ClF3N8O4. The number of aromatic nitrogens is 3. The van der Waals surface area contributed by atoms with E-state index in [0.717, 1.165) is 18.4 Å². The van der Waals surface area contributed by atoms with Gasteiger partial charge in [-0.1, -0.05) is 30.7 Å². The fourth-order valence-electron chi connectivity index (χ4n) is 3.90. The maximum atomic E-state index is 12.8. The zero-order valence-corrected chi connectivity index (χ0v) is 23.6. The smallest absolute Gasteiger partial charge is 0.422 e. The number of alkyl halides is 3. The van der Waals surface area contributed by atoms with Crippen LogP contribution in [-0.4, -0.2) is 58.5 Å². The van der Waals surface area contributed by atoms with Gasteiger partial charge in [-0.2, -0.15) is 28.1 Å². The molecule has 1 aliphatic carbocycles. The number of nitrogens with zero attached hydrogens (tertiary/aromatic N) is 3. The molecule has 43 heavy (non-hydrogen) atoms. The lowest BCUT2D eigenvalue weighted by molar-refractivity contribution is -0.154. The predicted octanol–water partition coefficient (Wildman–Crippen LogP) is 3.28.